The molecule has 1 aromatic carbocycles. The number of aryl methyl sites for hydroxylation is 2. The van der Waals surface area contributed by atoms with E-state index < -0.39 is 0 Å². The predicted molar refractivity (Wildman–Crippen MR) is 71.0 cm³/mol. The maximum Gasteiger partial charge on any atom is 0.0808 e. The summed E-state index contributed by atoms with van der Waals surface area (Å²) in [5.74, 6) is 0. The van der Waals surface area contributed by atoms with Crippen LogP contribution >= 0.6 is 0 Å². The van der Waals surface area contributed by atoms with Crippen LogP contribution < -0.4 is 5.73 Å². The summed E-state index contributed by atoms with van der Waals surface area (Å²) < 4.78 is 6.14. The van der Waals surface area contributed by atoms with Gasteiger partial charge in [-0.1, -0.05) is 36.6 Å². The van der Waals surface area contributed by atoms with Crippen LogP contribution in [0.4, 0.5) is 0 Å². The Hall–Kier alpha value is -0.860. The quantitative estimate of drug-likeness (QED) is 0.867. The predicted octanol–water partition coefficient (Wildman–Crippen LogP) is 3.09. The highest BCUT2D eigenvalue weighted by Gasteiger charge is 2.33. The van der Waals surface area contributed by atoms with Crippen molar-refractivity contribution in [2.45, 2.75) is 51.7 Å². The molecule has 1 saturated carbocycles. The summed E-state index contributed by atoms with van der Waals surface area (Å²) in [7, 11) is 0. The third-order valence-electron chi connectivity index (χ3n) is 3.93. The first-order chi connectivity index (χ1) is 8.15. The van der Waals surface area contributed by atoms with Crippen LogP contribution in [0.5, 0.6) is 0 Å². The fourth-order valence-electron chi connectivity index (χ4n) is 2.61. The van der Waals surface area contributed by atoms with Crippen molar-refractivity contribution in [3.63, 3.8) is 0 Å². The Labute approximate surface area is 104 Å². The standard InChI is InChI=1S/C15H23NO/c1-12-5-6-13(2)14(9-12)10-17-15(11-16)7-3-4-8-15/h5-6,9H,3-4,7-8,10-11,16H2,1-2H3. The molecular formula is C15H23NO. The molecule has 0 radical (unpaired) electrons. The summed E-state index contributed by atoms with van der Waals surface area (Å²) in [6, 6.07) is 6.53. The van der Waals surface area contributed by atoms with Crippen molar-refractivity contribution in [2.75, 3.05) is 6.54 Å². The lowest BCUT2D eigenvalue weighted by Gasteiger charge is -2.28. The molecule has 0 heterocycles. The van der Waals surface area contributed by atoms with Gasteiger partial charge in [-0.05, 0) is 37.8 Å². The molecule has 0 unspecified atom stereocenters. The van der Waals surface area contributed by atoms with Gasteiger partial charge in [0, 0.05) is 6.54 Å². The van der Waals surface area contributed by atoms with Gasteiger partial charge >= 0.3 is 0 Å². The van der Waals surface area contributed by atoms with Gasteiger partial charge in [0.05, 0.1) is 12.2 Å². The normalized spacial score (nSPS) is 18.5. The zero-order chi connectivity index (χ0) is 12.3. The third-order valence-corrected chi connectivity index (χ3v) is 3.93. The molecule has 1 aromatic rings. The van der Waals surface area contributed by atoms with Gasteiger partial charge in [0.2, 0.25) is 0 Å². The van der Waals surface area contributed by atoms with E-state index in [4.69, 9.17) is 10.5 Å². The van der Waals surface area contributed by atoms with Crippen molar-refractivity contribution in [1.82, 2.24) is 0 Å². The first-order valence-corrected chi connectivity index (χ1v) is 6.55. The summed E-state index contributed by atoms with van der Waals surface area (Å²) in [4.78, 5) is 0. The van der Waals surface area contributed by atoms with Gasteiger partial charge in [0.15, 0.2) is 0 Å². The summed E-state index contributed by atoms with van der Waals surface area (Å²) in [5.41, 5.74) is 9.73. The Balaban J connectivity index is 2.03. The minimum atomic E-state index is -0.0455. The van der Waals surface area contributed by atoms with Crippen LogP contribution in [0.15, 0.2) is 18.2 Å². The lowest BCUT2D eigenvalue weighted by molar-refractivity contribution is -0.0450. The number of rotatable bonds is 4. The van der Waals surface area contributed by atoms with Crippen LogP contribution in [-0.2, 0) is 11.3 Å². The molecule has 1 fully saturated rings. The topological polar surface area (TPSA) is 35.2 Å². The Morgan fingerprint density at radius 2 is 1.94 bits per heavy atom. The van der Waals surface area contributed by atoms with E-state index in [1.165, 1.54) is 29.5 Å². The van der Waals surface area contributed by atoms with E-state index >= 15 is 0 Å². The molecule has 2 nitrogen and oxygen atoms in total. The van der Waals surface area contributed by atoms with E-state index in [9.17, 15) is 0 Å². The van der Waals surface area contributed by atoms with E-state index in [1.807, 2.05) is 0 Å². The fraction of sp³-hybridized carbons (Fsp3) is 0.600. The molecule has 2 rings (SSSR count). The third kappa shape index (κ3) is 2.88. The monoisotopic (exact) mass is 233 g/mol. The molecule has 0 aliphatic heterocycles. The fourth-order valence-corrected chi connectivity index (χ4v) is 2.61. The van der Waals surface area contributed by atoms with E-state index in [2.05, 4.69) is 32.0 Å². The molecular weight excluding hydrogens is 210 g/mol. The highest BCUT2D eigenvalue weighted by molar-refractivity contribution is 5.29. The number of ether oxygens (including phenoxy) is 1. The minimum Gasteiger partial charge on any atom is -0.369 e. The maximum absolute atomic E-state index is 6.14. The highest BCUT2D eigenvalue weighted by atomic mass is 16.5. The van der Waals surface area contributed by atoms with Crippen LogP contribution in [0.2, 0.25) is 0 Å². The number of benzene rings is 1. The van der Waals surface area contributed by atoms with Crippen LogP contribution in [0.25, 0.3) is 0 Å². The van der Waals surface area contributed by atoms with Crippen molar-refractivity contribution in [2.24, 2.45) is 5.73 Å². The molecule has 17 heavy (non-hydrogen) atoms. The number of hydrogen-bond donors (Lipinski definition) is 1. The van der Waals surface area contributed by atoms with Crippen molar-refractivity contribution in [3.05, 3.63) is 34.9 Å². The Bertz CT molecular complexity index is 381. The first-order valence-electron chi connectivity index (χ1n) is 6.55. The van der Waals surface area contributed by atoms with Crippen molar-refractivity contribution >= 4 is 0 Å². The molecule has 0 spiro atoms. The second kappa shape index (κ2) is 5.19. The van der Waals surface area contributed by atoms with E-state index in [0.717, 1.165) is 12.8 Å². The largest absolute Gasteiger partial charge is 0.369 e. The second-order valence-corrected chi connectivity index (χ2v) is 5.31. The van der Waals surface area contributed by atoms with E-state index in [0.29, 0.717) is 13.2 Å². The van der Waals surface area contributed by atoms with Crippen molar-refractivity contribution < 1.29 is 4.74 Å². The van der Waals surface area contributed by atoms with Gasteiger partial charge in [-0.25, -0.2) is 0 Å². The van der Waals surface area contributed by atoms with Crippen molar-refractivity contribution in [3.8, 4) is 0 Å². The molecule has 0 aromatic heterocycles. The van der Waals surface area contributed by atoms with Gasteiger partial charge in [-0.2, -0.15) is 0 Å². The second-order valence-electron chi connectivity index (χ2n) is 5.31. The molecule has 1 aliphatic rings. The summed E-state index contributed by atoms with van der Waals surface area (Å²) in [6.07, 6.45) is 4.75. The summed E-state index contributed by atoms with van der Waals surface area (Å²) in [5, 5.41) is 0. The lowest BCUT2D eigenvalue weighted by Crippen LogP contribution is -2.37. The van der Waals surface area contributed by atoms with Crippen LogP contribution in [0.3, 0.4) is 0 Å². The van der Waals surface area contributed by atoms with Crippen LogP contribution in [0, 0.1) is 13.8 Å². The molecule has 0 bridgehead atoms. The molecule has 2 N–H and O–H groups in total. The highest BCUT2D eigenvalue weighted by Crippen LogP contribution is 2.33. The average Bonchev–Trinajstić information content (AvgIpc) is 2.80. The Morgan fingerprint density at radius 3 is 2.59 bits per heavy atom. The maximum atomic E-state index is 6.14. The number of nitrogens with two attached hydrogens (primary N) is 1. The minimum absolute atomic E-state index is 0.0455. The molecule has 0 saturated heterocycles. The van der Waals surface area contributed by atoms with Gasteiger partial charge < -0.3 is 10.5 Å². The van der Waals surface area contributed by atoms with Gasteiger partial charge in [0.1, 0.15) is 0 Å². The molecule has 0 atom stereocenters. The Kier molecular flexibility index (Phi) is 3.85. The lowest BCUT2D eigenvalue weighted by atomic mass is 10.0. The summed E-state index contributed by atoms with van der Waals surface area (Å²) in [6.45, 7) is 5.61. The summed E-state index contributed by atoms with van der Waals surface area (Å²) >= 11 is 0. The van der Waals surface area contributed by atoms with E-state index in [1.54, 1.807) is 0 Å². The molecule has 0 amide bonds. The van der Waals surface area contributed by atoms with Gasteiger partial charge in [-0.15, -0.1) is 0 Å². The zero-order valence-corrected chi connectivity index (χ0v) is 11.0. The van der Waals surface area contributed by atoms with Crippen LogP contribution in [-0.4, -0.2) is 12.1 Å². The van der Waals surface area contributed by atoms with Crippen molar-refractivity contribution in [1.29, 1.82) is 0 Å². The Morgan fingerprint density at radius 1 is 1.24 bits per heavy atom. The molecule has 2 heteroatoms. The van der Waals surface area contributed by atoms with Crippen LogP contribution in [0.1, 0.15) is 42.4 Å². The van der Waals surface area contributed by atoms with Gasteiger partial charge in [0.25, 0.3) is 0 Å². The first kappa shape index (κ1) is 12.6. The molecule has 1 aliphatic carbocycles. The zero-order valence-electron chi connectivity index (χ0n) is 11.0. The smallest absolute Gasteiger partial charge is 0.0808 e. The van der Waals surface area contributed by atoms with Gasteiger partial charge in [-0.3, -0.25) is 0 Å². The number of hydrogen-bond acceptors (Lipinski definition) is 2. The SMILES string of the molecule is Cc1ccc(C)c(COC2(CN)CCCC2)c1. The van der Waals surface area contributed by atoms with E-state index in [-0.39, 0.29) is 5.60 Å². The average molecular weight is 233 g/mol. The molecule has 94 valence electrons.